The van der Waals surface area contributed by atoms with Crippen molar-refractivity contribution in [2.24, 2.45) is 0 Å². The van der Waals surface area contributed by atoms with Gasteiger partial charge in [0.05, 0.1) is 24.9 Å². The van der Waals surface area contributed by atoms with Crippen molar-refractivity contribution in [1.82, 2.24) is 15.1 Å². The van der Waals surface area contributed by atoms with Crippen molar-refractivity contribution in [3.05, 3.63) is 39.8 Å². The number of hydrogen-bond acceptors (Lipinski definition) is 4. The van der Waals surface area contributed by atoms with Gasteiger partial charge in [-0.25, -0.2) is 0 Å². The van der Waals surface area contributed by atoms with Crippen molar-refractivity contribution >= 4 is 17.2 Å². The number of thiophene rings is 1. The maximum absolute atomic E-state index is 12.4. The lowest BCUT2D eigenvalue weighted by Gasteiger charge is -2.32. The largest absolute Gasteiger partial charge is 0.369 e. The number of amides is 1. The van der Waals surface area contributed by atoms with E-state index in [0.717, 1.165) is 5.69 Å². The zero-order valence-corrected chi connectivity index (χ0v) is 11.4. The lowest BCUT2D eigenvalue weighted by Crippen LogP contribution is -2.42. The molecule has 1 aliphatic rings. The zero-order valence-electron chi connectivity index (χ0n) is 10.6. The minimum absolute atomic E-state index is 0.00935. The van der Waals surface area contributed by atoms with Gasteiger partial charge in [-0.05, 0) is 18.4 Å². The molecular formula is C13H15N3O2S. The molecule has 1 saturated heterocycles. The third kappa shape index (κ3) is 2.41. The molecule has 0 aromatic carbocycles. The third-order valence-electron chi connectivity index (χ3n) is 3.27. The summed E-state index contributed by atoms with van der Waals surface area (Å²) >= 11 is 1.66. The second kappa shape index (κ2) is 5.14. The number of morpholine rings is 1. The Morgan fingerprint density at radius 1 is 1.63 bits per heavy atom. The second-order valence-corrected chi connectivity index (χ2v) is 5.51. The van der Waals surface area contributed by atoms with Crippen molar-refractivity contribution in [3.63, 3.8) is 0 Å². The van der Waals surface area contributed by atoms with Crippen LogP contribution >= 0.6 is 11.3 Å². The zero-order chi connectivity index (χ0) is 13.2. The van der Waals surface area contributed by atoms with Gasteiger partial charge in [-0.15, -0.1) is 11.3 Å². The van der Waals surface area contributed by atoms with Gasteiger partial charge in [-0.2, -0.15) is 5.10 Å². The van der Waals surface area contributed by atoms with Crippen LogP contribution in [0.1, 0.15) is 27.0 Å². The highest BCUT2D eigenvalue weighted by Gasteiger charge is 2.27. The molecule has 0 radical (unpaired) electrons. The predicted octanol–water partition coefficient (Wildman–Crippen LogP) is 1.99. The van der Waals surface area contributed by atoms with Gasteiger partial charge in [0.1, 0.15) is 6.10 Å². The van der Waals surface area contributed by atoms with Crippen LogP contribution in [0.3, 0.4) is 0 Å². The highest BCUT2D eigenvalue weighted by molar-refractivity contribution is 7.10. The van der Waals surface area contributed by atoms with Crippen LogP contribution in [0, 0.1) is 6.92 Å². The number of aromatic amines is 1. The van der Waals surface area contributed by atoms with E-state index >= 15 is 0 Å². The molecule has 1 fully saturated rings. The maximum Gasteiger partial charge on any atom is 0.257 e. The monoisotopic (exact) mass is 277 g/mol. The molecule has 1 unspecified atom stereocenters. The molecule has 2 aromatic rings. The number of aryl methyl sites for hydroxylation is 1. The summed E-state index contributed by atoms with van der Waals surface area (Å²) in [4.78, 5) is 15.4. The van der Waals surface area contributed by atoms with E-state index in [-0.39, 0.29) is 12.0 Å². The summed E-state index contributed by atoms with van der Waals surface area (Å²) in [5.41, 5.74) is 1.45. The van der Waals surface area contributed by atoms with Gasteiger partial charge in [0.2, 0.25) is 0 Å². The summed E-state index contributed by atoms with van der Waals surface area (Å²) in [6.07, 6.45) is 1.58. The summed E-state index contributed by atoms with van der Waals surface area (Å²) in [7, 11) is 0. The van der Waals surface area contributed by atoms with E-state index in [4.69, 9.17) is 4.74 Å². The number of nitrogens with zero attached hydrogens (tertiary/aromatic N) is 2. The van der Waals surface area contributed by atoms with Crippen LogP contribution < -0.4 is 0 Å². The third-order valence-corrected chi connectivity index (χ3v) is 4.24. The molecule has 1 aliphatic heterocycles. The summed E-state index contributed by atoms with van der Waals surface area (Å²) in [5.74, 6) is 0.0242. The van der Waals surface area contributed by atoms with E-state index in [0.29, 0.717) is 25.3 Å². The minimum atomic E-state index is -0.00935. The molecule has 0 saturated carbocycles. The van der Waals surface area contributed by atoms with E-state index < -0.39 is 0 Å². The van der Waals surface area contributed by atoms with Crippen LogP contribution in [0.4, 0.5) is 0 Å². The molecule has 100 valence electrons. The van der Waals surface area contributed by atoms with Crippen molar-refractivity contribution in [3.8, 4) is 0 Å². The Balaban J connectivity index is 1.75. The van der Waals surface area contributed by atoms with Crippen LogP contribution in [0.2, 0.25) is 0 Å². The Kier molecular flexibility index (Phi) is 3.35. The first-order valence-electron chi connectivity index (χ1n) is 6.20. The molecule has 19 heavy (non-hydrogen) atoms. The van der Waals surface area contributed by atoms with Gasteiger partial charge < -0.3 is 9.64 Å². The maximum atomic E-state index is 12.4. The fraction of sp³-hybridized carbons (Fsp3) is 0.385. The highest BCUT2D eigenvalue weighted by Crippen LogP contribution is 2.26. The number of H-pyrrole nitrogens is 1. The Labute approximate surface area is 115 Å². The second-order valence-electron chi connectivity index (χ2n) is 4.53. The number of rotatable bonds is 2. The van der Waals surface area contributed by atoms with Crippen LogP contribution in [0.5, 0.6) is 0 Å². The highest BCUT2D eigenvalue weighted by atomic mass is 32.1. The van der Waals surface area contributed by atoms with Crippen molar-refractivity contribution < 1.29 is 9.53 Å². The molecule has 2 aromatic heterocycles. The van der Waals surface area contributed by atoms with Gasteiger partial charge in [0.25, 0.3) is 5.91 Å². The molecule has 5 nitrogen and oxygen atoms in total. The molecule has 0 spiro atoms. The Hall–Kier alpha value is -1.66. The summed E-state index contributed by atoms with van der Waals surface area (Å²) in [6, 6.07) is 4.05. The quantitative estimate of drug-likeness (QED) is 0.913. The van der Waals surface area contributed by atoms with Crippen LogP contribution in [0.15, 0.2) is 23.7 Å². The Morgan fingerprint density at radius 3 is 3.21 bits per heavy atom. The first-order chi connectivity index (χ1) is 9.25. The van der Waals surface area contributed by atoms with Crippen LogP contribution in [-0.4, -0.2) is 40.7 Å². The average Bonchev–Trinajstić information content (AvgIpc) is 3.09. The van der Waals surface area contributed by atoms with Crippen molar-refractivity contribution in [2.45, 2.75) is 13.0 Å². The minimum Gasteiger partial charge on any atom is -0.369 e. The summed E-state index contributed by atoms with van der Waals surface area (Å²) in [5, 5.41) is 8.73. The van der Waals surface area contributed by atoms with E-state index in [9.17, 15) is 4.79 Å². The molecule has 3 heterocycles. The standard InChI is InChI=1S/C13H15N3O2S/c1-9-10(7-14-15-9)13(17)16-4-5-18-11(8-16)12-3-2-6-19-12/h2-3,6-7,11H,4-5,8H2,1H3,(H,14,15). The SMILES string of the molecule is Cc1[nH]ncc1C(=O)N1CCOC(c2cccs2)C1. The Morgan fingerprint density at radius 2 is 2.53 bits per heavy atom. The molecule has 0 bridgehead atoms. The molecule has 1 atom stereocenters. The molecular weight excluding hydrogens is 262 g/mol. The first-order valence-corrected chi connectivity index (χ1v) is 7.08. The van der Waals surface area contributed by atoms with Crippen molar-refractivity contribution in [1.29, 1.82) is 0 Å². The number of hydrogen-bond donors (Lipinski definition) is 1. The number of nitrogens with one attached hydrogen (secondary N) is 1. The van der Waals surface area contributed by atoms with Gasteiger partial charge in [0.15, 0.2) is 0 Å². The van der Waals surface area contributed by atoms with Crippen molar-refractivity contribution in [2.75, 3.05) is 19.7 Å². The molecule has 1 amide bonds. The molecule has 1 N–H and O–H groups in total. The number of carbonyl (C=O) groups excluding carboxylic acids is 1. The molecule has 6 heteroatoms. The number of ether oxygens (including phenoxy) is 1. The smallest absolute Gasteiger partial charge is 0.257 e. The van der Waals surface area contributed by atoms with E-state index in [1.54, 1.807) is 17.5 Å². The van der Waals surface area contributed by atoms with Gasteiger partial charge in [-0.1, -0.05) is 6.07 Å². The normalized spacial score (nSPS) is 19.6. The molecule has 0 aliphatic carbocycles. The van der Waals surface area contributed by atoms with Gasteiger partial charge in [-0.3, -0.25) is 9.89 Å². The average molecular weight is 277 g/mol. The first kappa shape index (κ1) is 12.4. The predicted molar refractivity (Wildman–Crippen MR) is 72.2 cm³/mol. The van der Waals surface area contributed by atoms with Crippen LogP contribution in [-0.2, 0) is 4.74 Å². The van der Waals surface area contributed by atoms with Gasteiger partial charge >= 0.3 is 0 Å². The lowest BCUT2D eigenvalue weighted by atomic mass is 10.2. The van der Waals surface area contributed by atoms with Gasteiger partial charge in [0, 0.05) is 17.1 Å². The van der Waals surface area contributed by atoms with Crippen LogP contribution in [0.25, 0.3) is 0 Å². The topological polar surface area (TPSA) is 58.2 Å². The van der Waals surface area contributed by atoms with E-state index in [1.807, 2.05) is 29.3 Å². The number of carbonyl (C=O) groups is 1. The number of aromatic nitrogens is 2. The fourth-order valence-electron chi connectivity index (χ4n) is 2.22. The molecule has 3 rings (SSSR count). The lowest BCUT2D eigenvalue weighted by molar-refractivity contribution is -0.0212. The Bertz CT molecular complexity index is 564. The summed E-state index contributed by atoms with van der Waals surface area (Å²) < 4.78 is 5.74. The van der Waals surface area contributed by atoms with E-state index in [1.165, 1.54) is 4.88 Å². The van der Waals surface area contributed by atoms with E-state index in [2.05, 4.69) is 10.2 Å². The summed E-state index contributed by atoms with van der Waals surface area (Å²) in [6.45, 7) is 3.66. The fourth-order valence-corrected chi connectivity index (χ4v) is 2.98.